The van der Waals surface area contributed by atoms with E-state index in [1.807, 2.05) is 40.8 Å². The number of carbonyl (C=O) groups excluding carboxylic acids is 2. The van der Waals surface area contributed by atoms with Crippen molar-refractivity contribution in [1.29, 1.82) is 0 Å². The Morgan fingerprint density at radius 1 is 1.29 bits per heavy atom. The highest BCUT2D eigenvalue weighted by Gasteiger charge is 2.27. The predicted octanol–water partition coefficient (Wildman–Crippen LogP) is 2.59. The summed E-state index contributed by atoms with van der Waals surface area (Å²) in [7, 11) is 1.92. The van der Waals surface area contributed by atoms with Gasteiger partial charge in [0.2, 0.25) is 0 Å². The molecule has 31 heavy (non-hydrogen) atoms. The molecule has 1 unspecified atom stereocenters. The van der Waals surface area contributed by atoms with Crippen molar-refractivity contribution >= 4 is 17.7 Å². The summed E-state index contributed by atoms with van der Waals surface area (Å²) >= 11 is 0. The largest absolute Gasteiger partial charge is 0.461 e. The number of anilines is 1. The number of urea groups is 1. The molecule has 0 radical (unpaired) electrons. The van der Waals surface area contributed by atoms with Gasteiger partial charge in [0.05, 0.1) is 12.3 Å². The van der Waals surface area contributed by atoms with Crippen molar-refractivity contribution in [2.24, 2.45) is 7.05 Å². The van der Waals surface area contributed by atoms with Crippen molar-refractivity contribution in [3.05, 3.63) is 54.4 Å². The normalized spacial score (nSPS) is 16.2. The Kier molecular flexibility index (Phi) is 5.96. The maximum atomic E-state index is 12.9. The highest BCUT2D eigenvalue weighted by molar-refractivity contribution is 5.90. The van der Waals surface area contributed by atoms with Crippen LogP contribution in [0.25, 0.3) is 5.69 Å². The molecule has 1 aromatic carbocycles. The molecule has 10 nitrogen and oxygen atoms in total. The zero-order chi connectivity index (χ0) is 21.8. The second-order valence-electron chi connectivity index (χ2n) is 7.43. The summed E-state index contributed by atoms with van der Waals surface area (Å²) in [6.07, 6.45) is 5.26. The van der Waals surface area contributed by atoms with E-state index in [2.05, 4.69) is 20.6 Å². The third-order valence-electron chi connectivity index (χ3n) is 5.26. The summed E-state index contributed by atoms with van der Waals surface area (Å²) in [6, 6.07) is 8.75. The molecule has 1 aliphatic heterocycles. The fourth-order valence-corrected chi connectivity index (χ4v) is 3.74. The van der Waals surface area contributed by atoms with Gasteiger partial charge < -0.3 is 19.5 Å². The van der Waals surface area contributed by atoms with Gasteiger partial charge in [0.1, 0.15) is 12.2 Å². The molecule has 3 aromatic rings. The third-order valence-corrected chi connectivity index (χ3v) is 5.26. The molecule has 4 rings (SSSR count). The Balaban J connectivity index is 1.43. The molecule has 10 heteroatoms. The van der Waals surface area contributed by atoms with E-state index in [-0.39, 0.29) is 17.6 Å². The quantitative estimate of drug-likeness (QED) is 0.632. The van der Waals surface area contributed by atoms with E-state index in [9.17, 15) is 9.59 Å². The van der Waals surface area contributed by atoms with Crippen LogP contribution in [0.5, 0.6) is 0 Å². The number of amides is 2. The van der Waals surface area contributed by atoms with Gasteiger partial charge in [-0.3, -0.25) is 0 Å². The van der Waals surface area contributed by atoms with E-state index in [1.165, 1.54) is 0 Å². The standard InChI is InChI=1S/C21H25N7O3/c1-3-31-20(29)18-9-11-28(25-18)17-8-4-7-16(12-17)23-21(30)27-10-5-6-15(13-27)19-24-22-14-26(19)2/h4,7-9,11-12,14-15H,3,5-6,10,13H2,1-2H3,(H,23,30). The van der Waals surface area contributed by atoms with Gasteiger partial charge >= 0.3 is 12.0 Å². The van der Waals surface area contributed by atoms with Crippen LogP contribution in [0.3, 0.4) is 0 Å². The number of ether oxygens (including phenoxy) is 1. The van der Waals surface area contributed by atoms with Crippen molar-refractivity contribution in [2.75, 3.05) is 25.0 Å². The van der Waals surface area contributed by atoms with Crippen molar-refractivity contribution in [3.63, 3.8) is 0 Å². The minimum Gasteiger partial charge on any atom is -0.461 e. The van der Waals surface area contributed by atoms with Gasteiger partial charge in [-0.1, -0.05) is 6.07 Å². The van der Waals surface area contributed by atoms with Crippen LogP contribution in [0.15, 0.2) is 42.9 Å². The number of aryl methyl sites for hydroxylation is 1. The van der Waals surface area contributed by atoms with Gasteiger partial charge in [-0.15, -0.1) is 10.2 Å². The fraction of sp³-hybridized carbons (Fsp3) is 0.381. The summed E-state index contributed by atoms with van der Waals surface area (Å²) in [4.78, 5) is 26.5. The number of nitrogens with zero attached hydrogens (tertiary/aromatic N) is 6. The lowest BCUT2D eigenvalue weighted by atomic mass is 9.97. The van der Waals surface area contributed by atoms with Gasteiger partial charge in [0.25, 0.3) is 0 Å². The van der Waals surface area contributed by atoms with Crippen LogP contribution >= 0.6 is 0 Å². The molecule has 2 amide bonds. The van der Waals surface area contributed by atoms with Crippen LogP contribution in [-0.4, -0.2) is 61.1 Å². The van der Waals surface area contributed by atoms with Gasteiger partial charge in [0.15, 0.2) is 5.69 Å². The summed E-state index contributed by atoms with van der Waals surface area (Å²) in [5.41, 5.74) is 1.61. The van der Waals surface area contributed by atoms with Crippen LogP contribution < -0.4 is 5.32 Å². The van der Waals surface area contributed by atoms with Gasteiger partial charge in [-0.25, -0.2) is 14.3 Å². The van der Waals surface area contributed by atoms with E-state index in [0.29, 0.717) is 25.4 Å². The van der Waals surface area contributed by atoms with Crippen LogP contribution in [0.1, 0.15) is 42.0 Å². The first-order valence-electron chi connectivity index (χ1n) is 10.3. The molecular weight excluding hydrogens is 398 g/mol. The van der Waals surface area contributed by atoms with Gasteiger partial charge in [-0.05, 0) is 44.0 Å². The molecule has 3 heterocycles. The Labute approximate surface area is 179 Å². The van der Waals surface area contributed by atoms with Crippen LogP contribution in [-0.2, 0) is 11.8 Å². The van der Waals surface area contributed by atoms with Crippen molar-refractivity contribution in [1.82, 2.24) is 29.4 Å². The number of benzene rings is 1. The van der Waals surface area contributed by atoms with Gasteiger partial charge in [0, 0.05) is 37.9 Å². The number of aromatic nitrogens is 5. The van der Waals surface area contributed by atoms with Crippen molar-refractivity contribution in [3.8, 4) is 5.69 Å². The maximum Gasteiger partial charge on any atom is 0.358 e. The van der Waals surface area contributed by atoms with E-state index < -0.39 is 5.97 Å². The topological polar surface area (TPSA) is 107 Å². The molecule has 2 aromatic heterocycles. The minimum absolute atomic E-state index is 0.156. The Morgan fingerprint density at radius 2 is 2.16 bits per heavy atom. The molecule has 1 atom stereocenters. The molecule has 0 spiro atoms. The lowest BCUT2D eigenvalue weighted by Crippen LogP contribution is -2.42. The maximum absolute atomic E-state index is 12.9. The molecule has 1 aliphatic rings. The molecule has 1 fully saturated rings. The Morgan fingerprint density at radius 3 is 2.94 bits per heavy atom. The summed E-state index contributed by atoms with van der Waals surface area (Å²) in [5, 5.41) is 15.4. The average Bonchev–Trinajstić information content (AvgIpc) is 3.44. The number of carbonyl (C=O) groups is 2. The first-order chi connectivity index (χ1) is 15.0. The van der Waals surface area contributed by atoms with Crippen LogP contribution in [0.4, 0.5) is 10.5 Å². The van der Waals surface area contributed by atoms with E-state index in [4.69, 9.17) is 4.74 Å². The van der Waals surface area contributed by atoms with E-state index in [1.54, 1.807) is 30.2 Å². The Bertz CT molecular complexity index is 1070. The zero-order valence-electron chi connectivity index (χ0n) is 17.6. The zero-order valence-corrected chi connectivity index (χ0v) is 17.6. The summed E-state index contributed by atoms with van der Waals surface area (Å²) in [5.74, 6) is 0.604. The second kappa shape index (κ2) is 8.99. The van der Waals surface area contributed by atoms with Crippen LogP contribution in [0.2, 0.25) is 0 Å². The smallest absolute Gasteiger partial charge is 0.358 e. The molecule has 1 N–H and O–H groups in total. The van der Waals surface area contributed by atoms with Gasteiger partial charge in [-0.2, -0.15) is 5.10 Å². The summed E-state index contributed by atoms with van der Waals surface area (Å²) < 4.78 is 8.46. The first kappa shape index (κ1) is 20.6. The van der Waals surface area contributed by atoms with Crippen molar-refractivity contribution in [2.45, 2.75) is 25.7 Å². The first-order valence-corrected chi connectivity index (χ1v) is 10.3. The number of likely N-dealkylation sites (tertiary alicyclic amines) is 1. The number of hydrogen-bond donors (Lipinski definition) is 1. The monoisotopic (exact) mass is 423 g/mol. The van der Waals surface area contributed by atoms with Crippen molar-refractivity contribution < 1.29 is 14.3 Å². The molecule has 0 saturated carbocycles. The number of piperidine rings is 1. The molecular formula is C21H25N7O3. The Hall–Kier alpha value is -3.69. The number of hydrogen-bond acceptors (Lipinski definition) is 6. The number of esters is 1. The third kappa shape index (κ3) is 4.57. The highest BCUT2D eigenvalue weighted by atomic mass is 16.5. The fourth-order valence-electron chi connectivity index (χ4n) is 3.74. The average molecular weight is 423 g/mol. The predicted molar refractivity (Wildman–Crippen MR) is 113 cm³/mol. The number of nitrogens with one attached hydrogen (secondary N) is 1. The SMILES string of the molecule is CCOC(=O)c1ccn(-c2cccc(NC(=O)N3CCCC(c4nncn4C)C3)c2)n1. The molecule has 1 saturated heterocycles. The molecule has 0 aliphatic carbocycles. The highest BCUT2D eigenvalue weighted by Crippen LogP contribution is 2.25. The number of rotatable bonds is 5. The van der Waals surface area contributed by atoms with E-state index >= 15 is 0 Å². The molecule has 162 valence electrons. The minimum atomic E-state index is -0.465. The second-order valence-corrected chi connectivity index (χ2v) is 7.43. The van der Waals surface area contributed by atoms with E-state index in [0.717, 1.165) is 24.4 Å². The molecule has 0 bridgehead atoms. The van der Waals surface area contributed by atoms with Crippen LogP contribution in [0, 0.1) is 0 Å². The summed E-state index contributed by atoms with van der Waals surface area (Å²) in [6.45, 7) is 3.34. The lowest BCUT2D eigenvalue weighted by molar-refractivity contribution is 0.0519. The lowest BCUT2D eigenvalue weighted by Gasteiger charge is -2.32.